The Morgan fingerprint density at radius 2 is 2.00 bits per heavy atom. The van der Waals surface area contributed by atoms with Gasteiger partial charge in [0.15, 0.2) is 0 Å². The summed E-state index contributed by atoms with van der Waals surface area (Å²) < 4.78 is 7.02. The normalized spacial score (nSPS) is 11.8. The van der Waals surface area contributed by atoms with E-state index in [4.69, 9.17) is 16.3 Å². The van der Waals surface area contributed by atoms with Crippen molar-refractivity contribution in [3.63, 3.8) is 0 Å². The minimum Gasteiger partial charge on any atom is -0.494 e. The van der Waals surface area contributed by atoms with Gasteiger partial charge in [-0.05, 0) is 60.7 Å². The highest BCUT2D eigenvalue weighted by atomic mass is 35.5. The predicted octanol–water partition coefficient (Wildman–Crippen LogP) is 3.83. The van der Waals surface area contributed by atoms with Gasteiger partial charge in [-0.2, -0.15) is 4.68 Å². The van der Waals surface area contributed by atoms with E-state index in [0.29, 0.717) is 22.5 Å². The number of benzene rings is 2. The lowest BCUT2D eigenvalue weighted by Gasteiger charge is -2.12. The highest BCUT2D eigenvalue weighted by Crippen LogP contribution is 2.26. The van der Waals surface area contributed by atoms with Crippen molar-refractivity contribution >= 4 is 35.0 Å². The average molecular weight is 404 g/mol. The molecule has 3 rings (SSSR count). The third kappa shape index (κ3) is 4.78. The Hall–Kier alpha value is -2.58. The Morgan fingerprint density at radius 1 is 1.26 bits per heavy atom. The number of para-hydroxylation sites is 1. The Morgan fingerprint density at radius 3 is 2.70 bits per heavy atom. The summed E-state index contributed by atoms with van der Waals surface area (Å²) in [5.74, 6) is 0.588. The van der Waals surface area contributed by atoms with Crippen molar-refractivity contribution in [2.45, 2.75) is 24.3 Å². The minimum atomic E-state index is -0.422. The number of tetrazole rings is 1. The summed E-state index contributed by atoms with van der Waals surface area (Å²) in [6.07, 6.45) is 0. The second-order valence-corrected chi connectivity index (χ2v) is 7.24. The van der Waals surface area contributed by atoms with Crippen LogP contribution >= 0.6 is 23.4 Å². The van der Waals surface area contributed by atoms with Gasteiger partial charge in [-0.25, -0.2) is 0 Å². The first-order valence-electron chi connectivity index (χ1n) is 8.32. The summed E-state index contributed by atoms with van der Waals surface area (Å²) in [6.45, 7) is 4.32. The second-order valence-electron chi connectivity index (χ2n) is 5.53. The zero-order valence-electron chi connectivity index (χ0n) is 14.8. The standard InChI is InChI=1S/C18H18ClN5O2S/c1-3-26-14-10-8-13(9-11-14)24-18(21-22-23-24)27-12(2)17(25)20-16-7-5-4-6-15(16)19/h4-12H,3H2,1-2H3,(H,20,25)/t12-/m1/s1. The second kappa shape index (κ2) is 8.88. The third-order valence-corrected chi connectivity index (χ3v) is 4.98. The molecule has 27 heavy (non-hydrogen) atoms. The zero-order valence-corrected chi connectivity index (χ0v) is 16.4. The third-order valence-electron chi connectivity index (χ3n) is 3.62. The van der Waals surface area contributed by atoms with E-state index < -0.39 is 5.25 Å². The van der Waals surface area contributed by atoms with Crippen molar-refractivity contribution < 1.29 is 9.53 Å². The van der Waals surface area contributed by atoms with Gasteiger partial charge in [-0.3, -0.25) is 4.79 Å². The van der Waals surface area contributed by atoms with Crippen LogP contribution in [-0.4, -0.2) is 38.0 Å². The maximum absolute atomic E-state index is 12.5. The maximum atomic E-state index is 12.5. The molecule has 0 saturated heterocycles. The van der Waals surface area contributed by atoms with E-state index >= 15 is 0 Å². The fraction of sp³-hybridized carbons (Fsp3) is 0.222. The highest BCUT2D eigenvalue weighted by molar-refractivity contribution is 8.00. The van der Waals surface area contributed by atoms with Gasteiger partial charge >= 0.3 is 0 Å². The van der Waals surface area contributed by atoms with Crippen LogP contribution in [0.2, 0.25) is 5.02 Å². The number of rotatable bonds is 7. The number of hydrogen-bond acceptors (Lipinski definition) is 6. The number of thioether (sulfide) groups is 1. The lowest BCUT2D eigenvalue weighted by molar-refractivity contribution is -0.115. The van der Waals surface area contributed by atoms with Gasteiger partial charge < -0.3 is 10.1 Å². The first kappa shape index (κ1) is 19.2. The lowest BCUT2D eigenvalue weighted by Crippen LogP contribution is -2.23. The molecule has 1 amide bonds. The number of halogens is 1. The van der Waals surface area contributed by atoms with E-state index in [0.717, 1.165) is 11.4 Å². The number of nitrogens with zero attached hydrogens (tertiary/aromatic N) is 4. The first-order chi connectivity index (χ1) is 13.1. The van der Waals surface area contributed by atoms with Crippen LogP contribution in [0.25, 0.3) is 5.69 Å². The van der Waals surface area contributed by atoms with E-state index in [9.17, 15) is 4.79 Å². The van der Waals surface area contributed by atoms with Crippen molar-refractivity contribution in [2.75, 3.05) is 11.9 Å². The Labute approximate surface area is 166 Å². The van der Waals surface area contributed by atoms with Crippen LogP contribution in [0.1, 0.15) is 13.8 Å². The number of anilines is 1. The van der Waals surface area contributed by atoms with E-state index in [-0.39, 0.29) is 5.91 Å². The molecule has 0 aliphatic carbocycles. The zero-order chi connectivity index (χ0) is 19.2. The molecule has 3 aromatic rings. The smallest absolute Gasteiger partial charge is 0.237 e. The van der Waals surface area contributed by atoms with Crippen LogP contribution in [-0.2, 0) is 4.79 Å². The van der Waals surface area contributed by atoms with E-state index in [1.807, 2.05) is 37.3 Å². The highest BCUT2D eigenvalue weighted by Gasteiger charge is 2.20. The number of hydrogen-bond donors (Lipinski definition) is 1. The van der Waals surface area contributed by atoms with Crippen molar-refractivity contribution in [3.05, 3.63) is 53.6 Å². The van der Waals surface area contributed by atoms with Crippen molar-refractivity contribution in [2.24, 2.45) is 0 Å². The number of ether oxygens (including phenoxy) is 1. The van der Waals surface area contributed by atoms with Crippen LogP contribution in [0.3, 0.4) is 0 Å². The average Bonchev–Trinajstić information content (AvgIpc) is 3.12. The molecule has 7 nitrogen and oxygen atoms in total. The first-order valence-corrected chi connectivity index (χ1v) is 9.58. The Balaban J connectivity index is 1.70. The maximum Gasteiger partial charge on any atom is 0.237 e. The molecule has 0 aliphatic heterocycles. The van der Waals surface area contributed by atoms with Crippen LogP contribution in [0.15, 0.2) is 53.7 Å². The van der Waals surface area contributed by atoms with Crippen molar-refractivity contribution in [1.82, 2.24) is 20.2 Å². The fourth-order valence-electron chi connectivity index (χ4n) is 2.27. The molecule has 0 fully saturated rings. The largest absolute Gasteiger partial charge is 0.494 e. The van der Waals surface area contributed by atoms with Crippen molar-refractivity contribution in [3.8, 4) is 11.4 Å². The van der Waals surface area contributed by atoms with Gasteiger partial charge in [0.25, 0.3) is 0 Å². The molecule has 9 heteroatoms. The Bertz CT molecular complexity index is 916. The minimum absolute atomic E-state index is 0.186. The summed E-state index contributed by atoms with van der Waals surface area (Å²) in [5.41, 5.74) is 1.35. The predicted molar refractivity (Wildman–Crippen MR) is 106 cm³/mol. The van der Waals surface area contributed by atoms with Gasteiger partial charge in [0.2, 0.25) is 11.1 Å². The van der Waals surface area contributed by atoms with E-state index in [1.54, 1.807) is 29.8 Å². The number of carbonyl (C=O) groups excluding carboxylic acids is 1. The molecular formula is C18H18ClN5O2S. The molecule has 0 unspecified atom stereocenters. The van der Waals surface area contributed by atoms with Crippen LogP contribution < -0.4 is 10.1 Å². The molecule has 0 saturated carbocycles. The summed E-state index contributed by atoms with van der Waals surface area (Å²) in [4.78, 5) is 12.5. The molecule has 0 spiro atoms. The van der Waals surface area contributed by atoms with Crippen LogP contribution in [0, 0.1) is 0 Å². The molecule has 1 aromatic heterocycles. The molecule has 0 bridgehead atoms. The fourth-order valence-corrected chi connectivity index (χ4v) is 3.26. The molecule has 2 aromatic carbocycles. The number of carbonyl (C=O) groups is 1. The summed E-state index contributed by atoms with van der Waals surface area (Å²) in [7, 11) is 0. The van der Waals surface area contributed by atoms with Gasteiger partial charge in [-0.1, -0.05) is 35.5 Å². The van der Waals surface area contributed by atoms with Gasteiger partial charge in [0.05, 0.1) is 28.3 Å². The molecule has 0 aliphatic rings. The van der Waals surface area contributed by atoms with Gasteiger partial charge in [-0.15, -0.1) is 5.10 Å². The molecule has 1 N–H and O–H groups in total. The van der Waals surface area contributed by atoms with Crippen molar-refractivity contribution in [1.29, 1.82) is 0 Å². The number of aromatic nitrogens is 4. The van der Waals surface area contributed by atoms with Crippen LogP contribution in [0.4, 0.5) is 5.69 Å². The topological polar surface area (TPSA) is 81.9 Å². The molecule has 1 atom stereocenters. The lowest BCUT2D eigenvalue weighted by atomic mass is 10.3. The molecule has 140 valence electrons. The number of amides is 1. The SMILES string of the molecule is CCOc1ccc(-n2nnnc2S[C@H](C)C(=O)Nc2ccccc2Cl)cc1. The Kier molecular flexibility index (Phi) is 6.31. The van der Waals surface area contributed by atoms with E-state index in [1.165, 1.54) is 11.8 Å². The summed E-state index contributed by atoms with van der Waals surface area (Å²) >= 11 is 7.35. The quantitative estimate of drug-likeness (QED) is 0.603. The van der Waals surface area contributed by atoms with Crippen LogP contribution in [0.5, 0.6) is 5.75 Å². The molecule has 0 radical (unpaired) electrons. The summed E-state index contributed by atoms with van der Waals surface area (Å²) in [5, 5.41) is 15.2. The molecular weight excluding hydrogens is 386 g/mol. The van der Waals surface area contributed by atoms with Gasteiger partial charge in [0.1, 0.15) is 5.75 Å². The van der Waals surface area contributed by atoms with Gasteiger partial charge in [0, 0.05) is 0 Å². The molecule has 1 heterocycles. The van der Waals surface area contributed by atoms with E-state index in [2.05, 4.69) is 20.8 Å². The monoisotopic (exact) mass is 403 g/mol. The number of nitrogens with one attached hydrogen (secondary N) is 1. The summed E-state index contributed by atoms with van der Waals surface area (Å²) in [6, 6.07) is 14.5.